The van der Waals surface area contributed by atoms with Crippen molar-refractivity contribution < 1.29 is 12.4 Å². The number of imidazole rings is 1. The number of aromatic nitrogens is 5. The highest BCUT2D eigenvalue weighted by Crippen LogP contribution is 2.35. The zero-order valence-corrected chi connectivity index (χ0v) is 19.7. The number of H-pyrrole nitrogens is 1. The summed E-state index contributed by atoms with van der Waals surface area (Å²) in [4.78, 5) is 20.9. The summed E-state index contributed by atoms with van der Waals surface area (Å²) in [5.74, 6) is 1.79. The molecule has 0 aliphatic heterocycles. The zero-order valence-electron chi connectivity index (χ0n) is 17.4. The Morgan fingerprint density at radius 2 is 1.79 bits per heavy atom. The summed E-state index contributed by atoms with van der Waals surface area (Å²) in [6, 6.07) is 10.8. The second kappa shape index (κ2) is 11.0. The summed E-state index contributed by atoms with van der Waals surface area (Å²) in [6.07, 6.45) is 4.98. The van der Waals surface area contributed by atoms with Crippen LogP contribution in [0.25, 0.3) is 22.6 Å². The molecule has 0 amide bonds. The van der Waals surface area contributed by atoms with Crippen molar-refractivity contribution in [1.82, 2.24) is 24.9 Å². The Hall–Kier alpha value is -3.38. The van der Waals surface area contributed by atoms with Gasteiger partial charge in [-0.15, -0.1) is 0 Å². The van der Waals surface area contributed by atoms with Gasteiger partial charge in [-0.05, 0) is 37.3 Å². The lowest BCUT2D eigenvalue weighted by atomic mass is 10.1. The average Bonchev–Trinajstić information content (AvgIpc) is 3.23. The third kappa shape index (κ3) is 5.90. The molecule has 0 spiro atoms. The molecule has 4 aromatic rings. The Labute approximate surface area is 206 Å². The molecule has 0 bridgehead atoms. The number of aromatic amines is 1. The monoisotopic (exact) mass is 499 g/mol. The summed E-state index contributed by atoms with van der Waals surface area (Å²) in [7, 11) is 0. The van der Waals surface area contributed by atoms with Crippen LogP contribution in [0.4, 0.5) is 11.8 Å². The molecular weight excluding hydrogens is 483 g/mol. The van der Waals surface area contributed by atoms with Gasteiger partial charge < -0.3 is 28.0 Å². The molecule has 0 saturated heterocycles. The number of nitrogens with zero attached hydrogens (tertiary/aromatic N) is 5. The van der Waals surface area contributed by atoms with Crippen LogP contribution >= 0.6 is 23.2 Å². The van der Waals surface area contributed by atoms with Gasteiger partial charge in [-0.25, -0.2) is 19.9 Å². The van der Waals surface area contributed by atoms with Gasteiger partial charge in [0, 0.05) is 48.0 Å². The zero-order chi connectivity index (χ0) is 22.5. The highest BCUT2D eigenvalue weighted by Gasteiger charge is 2.16. The fraction of sp³-hybridized carbons (Fsp3) is 0.136. The molecule has 0 aliphatic rings. The molecule has 0 fully saturated rings. The fourth-order valence-electron chi connectivity index (χ4n) is 3.01. The van der Waals surface area contributed by atoms with Crippen molar-refractivity contribution in [2.24, 2.45) is 0 Å². The van der Waals surface area contributed by atoms with Crippen LogP contribution in [0.3, 0.4) is 0 Å². The van der Waals surface area contributed by atoms with E-state index < -0.39 is 0 Å². The first-order chi connectivity index (χ1) is 15.5. The lowest BCUT2D eigenvalue weighted by molar-refractivity contribution is -0.00000684. The van der Waals surface area contributed by atoms with Gasteiger partial charge in [0.2, 0.25) is 5.95 Å². The van der Waals surface area contributed by atoms with Crippen LogP contribution in [0.15, 0.2) is 48.9 Å². The molecule has 0 radical (unpaired) electrons. The quantitative estimate of drug-likeness (QED) is 0.332. The first-order valence-electron chi connectivity index (χ1n) is 9.72. The Morgan fingerprint density at radius 1 is 0.970 bits per heavy atom. The molecular formula is C22H18Cl3N8-. The number of rotatable bonds is 7. The molecule has 8 nitrogen and oxygen atoms in total. The minimum atomic E-state index is 0. The maximum atomic E-state index is 8.84. The van der Waals surface area contributed by atoms with Crippen molar-refractivity contribution in [3.05, 3.63) is 70.2 Å². The number of nitriles is 1. The normalized spacial score (nSPS) is 10.2. The van der Waals surface area contributed by atoms with Crippen LogP contribution in [0.5, 0.6) is 0 Å². The highest BCUT2D eigenvalue weighted by atomic mass is 35.5. The predicted octanol–water partition coefficient (Wildman–Crippen LogP) is 1.94. The summed E-state index contributed by atoms with van der Waals surface area (Å²) in [5, 5.41) is 16.3. The van der Waals surface area contributed by atoms with Crippen LogP contribution in [0.2, 0.25) is 10.0 Å². The Kier molecular flexibility index (Phi) is 8.06. The first-order valence-corrected chi connectivity index (χ1v) is 10.5. The topological polar surface area (TPSA) is 115 Å². The molecule has 11 heteroatoms. The lowest BCUT2D eigenvalue weighted by Gasteiger charge is -2.12. The van der Waals surface area contributed by atoms with Crippen molar-refractivity contribution >= 4 is 35.0 Å². The van der Waals surface area contributed by atoms with Crippen molar-refractivity contribution in [1.29, 1.82) is 5.26 Å². The third-order valence-electron chi connectivity index (χ3n) is 4.54. The Balaban J connectivity index is 0.00000306. The van der Waals surface area contributed by atoms with E-state index in [1.54, 1.807) is 36.7 Å². The van der Waals surface area contributed by atoms with E-state index in [4.69, 9.17) is 33.4 Å². The average molecular weight is 501 g/mol. The molecule has 0 saturated carbocycles. The second-order valence-electron chi connectivity index (χ2n) is 6.89. The molecule has 0 atom stereocenters. The summed E-state index contributed by atoms with van der Waals surface area (Å²) < 4.78 is 0. The van der Waals surface area contributed by atoms with E-state index in [1.165, 1.54) is 6.20 Å². The number of nitrogens with one attached hydrogen (secondary N) is 3. The van der Waals surface area contributed by atoms with E-state index in [-0.39, 0.29) is 12.4 Å². The summed E-state index contributed by atoms with van der Waals surface area (Å²) >= 11 is 12.5. The van der Waals surface area contributed by atoms with E-state index in [9.17, 15) is 0 Å². The predicted molar refractivity (Wildman–Crippen MR) is 126 cm³/mol. The fourth-order valence-corrected chi connectivity index (χ4v) is 3.50. The second-order valence-corrected chi connectivity index (χ2v) is 7.74. The Morgan fingerprint density at radius 3 is 2.45 bits per heavy atom. The number of hydrogen-bond donors (Lipinski definition) is 3. The lowest BCUT2D eigenvalue weighted by Crippen LogP contribution is -3.00. The number of anilines is 2. The van der Waals surface area contributed by atoms with E-state index in [1.807, 2.05) is 19.1 Å². The summed E-state index contributed by atoms with van der Waals surface area (Å²) in [6.45, 7) is 3.06. The number of benzene rings is 1. The van der Waals surface area contributed by atoms with Gasteiger partial charge in [0.15, 0.2) is 0 Å². The van der Waals surface area contributed by atoms with Gasteiger partial charge in [-0.3, -0.25) is 0 Å². The van der Waals surface area contributed by atoms with Crippen LogP contribution in [-0.4, -0.2) is 38.0 Å². The molecule has 168 valence electrons. The minimum Gasteiger partial charge on any atom is -1.00 e. The van der Waals surface area contributed by atoms with Gasteiger partial charge in [-0.2, -0.15) is 5.26 Å². The van der Waals surface area contributed by atoms with Crippen molar-refractivity contribution in [2.75, 3.05) is 23.7 Å². The highest BCUT2D eigenvalue weighted by molar-refractivity contribution is 6.36. The van der Waals surface area contributed by atoms with E-state index in [0.29, 0.717) is 52.0 Å². The van der Waals surface area contributed by atoms with E-state index >= 15 is 0 Å². The molecule has 0 aliphatic carbocycles. The van der Waals surface area contributed by atoms with Crippen molar-refractivity contribution in [3.63, 3.8) is 0 Å². The molecule has 3 N–H and O–H groups in total. The Bertz CT molecular complexity index is 1280. The molecule has 3 heterocycles. The standard InChI is InChI=1S/C22H18Cl2N8.ClH/c1-13-10-29-21(31-13)17-12-30-22(32-20(17)16-4-3-15(23)8-18(16)24)27-7-6-26-19-5-2-14(9-25)11-28-19;/h2-5,8,10-12H,6-7H2,1H3,(H,26,28)(H,29,31)(H,27,30,32);1H/p-1. The van der Waals surface area contributed by atoms with E-state index in [2.05, 4.69) is 30.6 Å². The SMILES string of the molecule is Cc1cnc(-c2cnc(NCCNc3ccc(C#N)cn3)nc2-c2ccc(Cl)cc2Cl)[nH]1.[Cl-]. The maximum absolute atomic E-state index is 8.84. The van der Waals surface area contributed by atoms with E-state index in [0.717, 1.165) is 16.8 Å². The van der Waals surface area contributed by atoms with Crippen LogP contribution in [-0.2, 0) is 0 Å². The number of halogens is 3. The molecule has 0 unspecified atom stereocenters. The van der Waals surface area contributed by atoms with Gasteiger partial charge >= 0.3 is 0 Å². The van der Waals surface area contributed by atoms with Crippen molar-refractivity contribution in [3.8, 4) is 28.7 Å². The van der Waals surface area contributed by atoms with Gasteiger partial charge in [0.25, 0.3) is 0 Å². The van der Waals surface area contributed by atoms with Crippen LogP contribution in [0, 0.1) is 18.3 Å². The summed E-state index contributed by atoms with van der Waals surface area (Å²) in [5.41, 5.74) is 3.54. The van der Waals surface area contributed by atoms with Gasteiger partial charge in [0.05, 0.1) is 21.8 Å². The smallest absolute Gasteiger partial charge is 0.223 e. The van der Waals surface area contributed by atoms with Crippen LogP contribution in [0.1, 0.15) is 11.3 Å². The molecule has 33 heavy (non-hydrogen) atoms. The maximum Gasteiger partial charge on any atom is 0.223 e. The van der Waals surface area contributed by atoms with Crippen LogP contribution < -0.4 is 23.0 Å². The number of aryl methyl sites for hydroxylation is 1. The van der Waals surface area contributed by atoms with Gasteiger partial charge in [-0.1, -0.05) is 23.2 Å². The third-order valence-corrected chi connectivity index (χ3v) is 5.09. The molecule has 4 rings (SSSR count). The number of pyridine rings is 1. The largest absolute Gasteiger partial charge is 1.00 e. The molecule has 3 aromatic heterocycles. The first kappa shape index (κ1) is 24.3. The van der Waals surface area contributed by atoms with Gasteiger partial charge in [0.1, 0.15) is 17.7 Å². The molecule has 1 aromatic carbocycles. The number of hydrogen-bond acceptors (Lipinski definition) is 7. The van der Waals surface area contributed by atoms with Crippen molar-refractivity contribution in [2.45, 2.75) is 6.92 Å². The minimum absolute atomic E-state index is 0.